The highest BCUT2D eigenvalue weighted by molar-refractivity contribution is 5.17. The van der Waals surface area contributed by atoms with Gasteiger partial charge in [-0.25, -0.2) is 0 Å². The Balaban J connectivity index is 1.33. The van der Waals surface area contributed by atoms with Gasteiger partial charge in [0.15, 0.2) is 0 Å². The topological polar surface area (TPSA) is 31.4 Å². The van der Waals surface area contributed by atoms with E-state index in [0.717, 1.165) is 25.2 Å². The second-order valence-corrected chi connectivity index (χ2v) is 5.26. The first-order valence-electron chi connectivity index (χ1n) is 7.08. The van der Waals surface area contributed by atoms with Gasteiger partial charge in [0.25, 0.3) is 0 Å². The Morgan fingerprint density at radius 1 is 1.00 bits per heavy atom. The number of benzene rings is 1. The third-order valence-electron chi connectivity index (χ3n) is 3.61. The van der Waals surface area contributed by atoms with Crippen LogP contribution in [0.25, 0.3) is 0 Å². The number of aromatic nitrogens is 1. The molecule has 1 fully saturated rings. The van der Waals surface area contributed by atoms with Gasteiger partial charge in [-0.3, -0.25) is 4.98 Å². The second-order valence-electron chi connectivity index (χ2n) is 5.26. The maximum atomic E-state index is 5.85. The van der Waals surface area contributed by atoms with E-state index in [1.807, 2.05) is 30.3 Å². The molecule has 1 aromatic heterocycles. The fourth-order valence-corrected chi connectivity index (χ4v) is 2.43. The van der Waals surface area contributed by atoms with Crippen LogP contribution in [0.5, 0.6) is 5.75 Å². The molecule has 0 saturated heterocycles. The average molecular weight is 269 g/mol. The van der Waals surface area contributed by atoms with Crippen LogP contribution in [0, 0.1) is 5.92 Å². The Morgan fingerprint density at radius 2 is 1.75 bits per heavy atom. The molecule has 0 amide bonds. The molecule has 1 aliphatic rings. The molecule has 3 nitrogen and oxygen atoms in total. The first-order chi connectivity index (χ1) is 9.90. The molecule has 0 N–H and O–H groups in total. The summed E-state index contributed by atoms with van der Waals surface area (Å²) in [7, 11) is 0. The van der Waals surface area contributed by atoms with Crippen LogP contribution in [0.4, 0.5) is 0 Å². The highest BCUT2D eigenvalue weighted by Crippen LogP contribution is 2.31. The minimum absolute atomic E-state index is 0.336. The normalized spacial score (nSPS) is 21.2. The fourth-order valence-electron chi connectivity index (χ4n) is 2.43. The highest BCUT2D eigenvalue weighted by Gasteiger charge is 2.30. The van der Waals surface area contributed by atoms with Crippen molar-refractivity contribution in [2.75, 3.05) is 6.61 Å². The van der Waals surface area contributed by atoms with E-state index in [0.29, 0.717) is 18.6 Å². The molecule has 0 spiro atoms. The van der Waals surface area contributed by atoms with Gasteiger partial charge in [-0.1, -0.05) is 30.3 Å². The van der Waals surface area contributed by atoms with Gasteiger partial charge in [0, 0.05) is 12.4 Å². The number of nitrogens with zero attached hydrogens (tertiary/aromatic N) is 1. The van der Waals surface area contributed by atoms with Gasteiger partial charge in [0.05, 0.1) is 19.3 Å². The van der Waals surface area contributed by atoms with Gasteiger partial charge in [-0.15, -0.1) is 0 Å². The largest absolute Gasteiger partial charge is 0.490 e. The van der Waals surface area contributed by atoms with Gasteiger partial charge >= 0.3 is 0 Å². The third kappa shape index (κ3) is 3.58. The fraction of sp³-hybridized carbons (Fsp3) is 0.353. The van der Waals surface area contributed by atoms with Crippen LogP contribution in [0.1, 0.15) is 18.4 Å². The highest BCUT2D eigenvalue weighted by atomic mass is 16.5. The average Bonchev–Trinajstić information content (AvgIpc) is 2.47. The van der Waals surface area contributed by atoms with Crippen LogP contribution in [0.3, 0.4) is 0 Å². The summed E-state index contributed by atoms with van der Waals surface area (Å²) in [4.78, 5) is 3.98. The van der Waals surface area contributed by atoms with Crippen molar-refractivity contribution < 1.29 is 9.47 Å². The second kappa shape index (κ2) is 6.53. The predicted octanol–water partition coefficient (Wildman–Crippen LogP) is 3.46. The Hall–Kier alpha value is -1.87. The SMILES string of the molecule is c1ccc(COC[C@H]2C[C@H](Oc3ccncc3)C2)cc1. The van der Waals surface area contributed by atoms with Gasteiger partial charge in [0.1, 0.15) is 5.75 Å². The summed E-state index contributed by atoms with van der Waals surface area (Å²) in [5, 5.41) is 0. The molecule has 0 radical (unpaired) electrons. The van der Waals surface area contributed by atoms with Gasteiger partial charge < -0.3 is 9.47 Å². The summed E-state index contributed by atoms with van der Waals surface area (Å²) in [6.45, 7) is 1.53. The molecule has 2 aromatic rings. The predicted molar refractivity (Wildman–Crippen MR) is 77.5 cm³/mol. The molecule has 1 heterocycles. The van der Waals surface area contributed by atoms with E-state index >= 15 is 0 Å². The lowest BCUT2D eigenvalue weighted by atomic mass is 9.83. The van der Waals surface area contributed by atoms with Crippen LogP contribution in [0.2, 0.25) is 0 Å². The first-order valence-corrected chi connectivity index (χ1v) is 7.08. The molecule has 0 unspecified atom stereocenters. The minimum Gasteiger partial charge on any atom is -0.490 e. The molecule has 0 aliphatic heterocycles. The molecule has 104 valence electrons. The molecule has 1 aliphatic carbocycles. The van der Waals surface area contributed by atoms with Crippen LogP contribution in [0.15, 0.2) is 54.9 Å². The zero-order valence-corrected chi connectivity index (χ0v) is 11.4. The zero-order chi connectivity index (χ0) is 13.6. The molecule has 0 atom stereocenters. The van der Waals surface area contributed by atoms with Crippen LogP contribution in [-0.2, 0) is 11.3 Å². The summed E-state index contributed by atoms with van der Waals surface area (Å²) in [5.74, 6) is 1.54. The summed E-state index contributed by atoms with van der Waals surface area (Å²) < 4.78 is 11.6. The molecule has 3 rings (SSSR count). The number of hydrogen-bond acceptors (Lipinski definition) is 3. The van der Waals surface area contributed by atoms with Crippen molar-refractivity contribution in [1.82, 2.24) is 4.98 Å². The minimum atomic E-state index is 0.336. The van der Waals surface area contributed by atoms with Crippen LogP contribution in [-0.4, -0.2) is 17.7 Å². The Bertz CT molecular complexity index is 506. The van der Waals surface area contributed by atoms with Crippen molar-refractivity contribution >= 4 is 0 Å². The maximum Gasteiger partial charge on any atom is 0.122 e. The number of rotatable bonds is 6. The molecular weight excluding hydrogens is 250 g/mol. The molecule has 1 aromatic carbocycles. The smallest absolute Gasteiger partial charge is 0.122 e. The van der Waals surface area contributed by atoms with E-state index < -0.39 is 0 Å². The van der Waals surface area contributed by atoms with Gasteiger partial charge in [0.2, 0.25) is 0 Å². The third-order valence-corrected chi connectivity index (χ3v) is 3.61. The summed E-state index contributed by atoms with van der Waals surface area (Å²) in [5.41, 5.74) is 1.23. The van der Waals surface area contributed by atoms with Crippen LogP contribution >= 0.6 is 0 Å². The first kappa shape index (κ1) is 13.1. The number of pyridine rings is 1. The molecule has 20 heavy (non-hydrogen) atoms. The number of ether oxygens (including phenoxy) is 2. The van der Waals surface area contributed by atoms with Crippen LogP contribution < -0.4 is 4.74 Å². The van der Waals surface area contributed by atoms with Crippen molar-refractivity contribution in [2.24, 2.45) is 5.92 Å². The molecule has 1 saturated carbocycles. The van der Waals surface area contributed by atoms with E-state index in [1.165, 1.54) is 5.56 Å². The van der Waals surface area contributed by atoms with Gasteiger partial charge in [-0.05, 0) is 36.5 Å². The quantitative estimate of drug-likeness (QED) is 0.804. The lowest BCUT2D eigenvalue weighted by Gasteiger charge is -2.35. The molecule has 3 heteroatoms. The molecular formula is C17H19NO2. The lowest BCUT2D eigenvalue weighted by Crippen LogP contribution is -2.36. The molecule has 0 bridgehead atoms. The maximum absolute atomic E-state index is 5.85. The Kier molecular flexibility index (Phi) is 4.28. The van der Waals surface area contributed by atoms with E-state index in [-0.39, 0.29) is 0 Å². The number of hydrogen-bond donors (Lipinski definition) is 0. The Morgan fingerprint density at radius 3 is 2.50 bits per heavy atom. The van der Waals surface area contributed by atoms with E-state index in [9.17, 15) is 0 Å². The monoisotopic (exact) mass is 269 g/mol. The van der Waals surface area contributed by atoms with Crippen molar-refractivity contribution in [1.29, 1.82) is 0 Å². The van der Waals surface area contributed by atoms with E-state index in [4.69, 9.17) is 9.47 Å². The zero-order valence-electron chi connectivity index (χ0n) is 11.4. The summed E-state index contributed by atoms with van der Waals surface area (Å²) >= 11 is 0. The van der Waals surface area contributed by atoms with Gasteiger partial charge in [-0.2, -0.15) is 0 Å². The van der Waals surface area contributed by atoms with E-state index in [2.05, 4.69) is 17.1 Å². The summed E-state index contributed by atoms with van der Waals surface area (Å²) in [6, 6.07) is 14.1. The van der Waals surface area contributed by atoms with Crippen molar-refractivity contribution in [3.05, 3.63) is 60.4 Å². The van der Waals surface area contributed by atoms with Crippen molar-refractivity contribution in [3.63, 3.8) is 0 Å². The summed E-state index contributed by atoms with van der Waals surface area (Å²) in [6.07, 6.45) is 6.01. The lowest BCUT2D eigenvalue weighted by molar-refractivity contribution is -0.00253. The van der Waals surface area contributed by atoms with Crippen molar-refractivity contribution in [3.8, 4) is 5.75 Å². The Labute approximate surface area is 119 Å². The van der Waals surface area contributed by atoms with E-state index in [1.54, 1.807) is 12.4 Å². The standard InChI is InChI=1S/C17H19NO2/c1-2-4-14(5-3-1)12-19-13-15-10-17(11-15)20-16-6-8-18-9-7-16/h1-9,15,17H,10-13H2/t15-,17-. The van der Waals surface area contributed by atoms with Crippen molar-refractivity contribution in [2.45, 2.75) is 25.6 Å².